The Hall–Kier alpha value is -2.72. The van der Waals surface area contributed by atoms with Crippen molar-refractivity contribution in [1.29, 1.82) is 0 Å². The zero-order valence-electron chi connectivity index (χ0n) is 13.0. The van der Waals surface area contributed by atoms with E-state index < -0.39 is 18.0 Å². The highest BCUT2D eigenvalue weighted by atomic mass is 19.4. The van der Waals surface area contributed by atoms with Crippen LogP contribution in [0.25, 0.3) is 5.65 Å². The van der Waals surface area contributed by atoms with Gasteiger partial charge < -0.3 is 9.84 Å². The van der Waals surface area contributed by atoms with Gasteiger partial charge in [-0.25, -0.2) is 0 Å². The SMILES string of the molecule is Cc1noc([C@@H](Nc2ccc3nnc(C(F)(F)F)n3n2)C(C)C)n1. The van der Waals surface area contributed by atoms with Gasteiger partial charge in [-0.3, -0.25) is 0 Å². The van der Waals surface area contributed by atoms with Crippen LogP contribution in [0.1, 0.15) is 37.4 Å². The first kappa shape index (κ1) is 16.1. The topological polar surface area (TPSA) is 94.0 Å². The summed E-state index contributed by atoms with van der Waals surface area (Å²) in [6, 6.07) is 2.51. The second-order valence-electron chi connectivity index (χ2n) is 5.56. The van der Waals surface area contributed by atoms with Crippen LogP contribution in [0.5, 0.6) is 0 Å². The molecule has 0 aromatic carbocycles. The second-order valence-corrected chi connectivity index (χ2v) is 5.56. The molecule has 1 atom stereocenters. The lowest BCUT2D eigenvalue weighted by atomic mass is 10.0. The number of anilines is 1. The van der Waals surface area contributed by atoms with Gasteiger partial charge in [0.25, 0.3) is 5.82 Å². The molecule has 1 N–H and O–H groups in total. The maximum absolute atomic E-state index is 12.9. The third-order valence-electron chi connectivity index (χ3n) is 3.30. The van der Waals surface area contributed by atoms with E-state index in [0.717, 1.165) is 0 Å². The van der Waals surface area contributed by atoms with Crippen LogP contribution in [0.15, 0.2) is 16.7 Å². The number of rotatable bonds is 4. The standard InChI is InChI=1S/C13H14F3N7O/c1-6(2)10(11-17-7(3)22-24-11)18-8-4-5-9-19-20-12(13(14,15)16)23(9)21-8/h4-6,10H,1-3H3,(H,18,21)/t10-/m0/s1. The van der Waals surface area contributed by atoms with Gasteiger partial charge in [0, 0.05) is 0 Å². The van der Waals surface area contributed by atoms with Gasteiger partial charge >= 0.3 is 6.18 Å². The van der Waals surface area contributed by atoms with E-state index in [-0.39, 0.29) is 17.4 Å². The summed E-state index contributed by atoms with van der Waals surface area (Å²) in [6.45, 7) is 5.51. The molecular formula is C13H14F3N7O. The van der Waals surface area contributed by atoms with Gasteiger partial charge in [-0.2, -0.15) is 22.7 Å². The Morgan fingerprint density at radius 3 is 2.54 bits per heavy atom. The van der Waals surface area contributed by atoms with E-state index in [9.17, 15) is 13.2 Å². The van der Waals surface area contributed by atoms with Gasteiger partial charge in [0.05, 0.1) is 0 Å². The second kappa shape index (κ2) is 5.73. The van der Waals surface area contributed by atoms with Gasteiger partial charge in [0.1, 0.15) is 11.9 Å². The van der Waals surface area contributed by atoms with E-state index in [1.165, 1.54) is 12.1 Å². The van der Waals surface area contributed by atoms with Crippen molar-refractivity contribution in [2.45, 2.75) is 33.0 Å². The molecule has 8 nitrogen and oxygen atoms in total. The van der Waals surface area contributed by atoms with Crippen LogP contribution in [-0.2, 0) is 6.18 Å². The predicted molar refractivity (Wildman–Crippen MR) is 76.0 cm³/mol. The molecule has 3 rings (SSSR count). The van der Waals surface area contributed by atoms with Crippen LogP contribution in [0.2, 0.25) is 0 Å². The summed E-state index contributed by atoms with van der Waals surface area (Å²) in [5.41, 5.74) is 0.00241. The molecule has 3 aromatic rings. The van der Waals surface area contributed by atoms with E-state index >= 15 is 0 Å². The Morgan fingerprint density at radius 1 is 1.21 bits per heavy atom. The molecule has 0 aliphatic carbocycles. The predicted octanol–water partition coefficient (Wildman–Crippen LogP) is 2.64. The lowest BCUT2D eigenvalue weighted by Crippen LogP contribution is -2.19. The summed E-state index contributed by atoms with van der Waals surface area (Å²) in [4.78, 5) is 4.16. The quantitative estimate of drug-likeness (QED) is 0.779. The minimum Gasteiger partial charge on any atom is -0.357 e. The molecule has 3 heterocycles. The fourth-order valence-electron chi connectivity index (χ4n) is 2.15. The van der Waals surface area contributed by atoms with Crippen LogP contribution in [-0.4, -0.2) is 30.0 Å². The van der Waals surface area contributed by atoms with Gasteiger partial charge in [-0.05, 0) is 25.0 Å². The van der Waals surface area contributed by atoms with Crippen molar-refractivity contribution < 1.29 is 17.7 Å². The van der Waals surface area contributed by atoms with Crippen molar-refractivity contribution in [3.8, 4) is 0 Å². The molecule has 128 valence electrons. The highest BCUT2D eigenvalue weighted by molar-refractivity contribution is 5.45. The average molecular weight is 341 g/mol. The number of fused-ring (bicyclic) bond motifs is 1. The third kappa shape index (κ3) is 3.01. The van der Waals surface area contributed by atoms with E-state index in [4.69, 9.17) is 4.52 Å². The Bertz CT molecular complexity index is 855. The highest BCUT2D eigenvalue weighted by Crippen LogP contribution is 2.28. The molecule has 0 bridgehead atoms. The highest BCUT2D eigenvalue weighted by Gasteiger charge is 2.37. The van der Waals surface area contributed by atoms with E-state index in [0.29, 0.717) is 16.2 Å². The molecule has 0 saturated carbocycles. The van der Waals surface area contributed by atoms with Crippen LogP contribution >= 0.6 is 0 Å². The summed E-state index contributed by atoms with van der Waals surface area (Å²) in [6.07, 6.45) is -4.65. The molecule has 0 aliphatic rings. The maximum atomic E-state index is 12.9. The number of nitrogens with one attached hydrogen (secondary N) is 1. The summed E-state index contributed by atoms with van der Waals surface area (Å²) < 4.78 is 44.6. The first-order valence-electron chi connectivity index (χ1n) is 7.12. The lowest BCUT2D eigenvalue weighted by Gasteiger charge is -2.19. The first-order chi connectivity index (χ1) is 11.3. The van der Waals surface area contributed by atoms with Crippen molar-refractivity contribution in [1.82, 2.24) is 30.0 Å². The van der Waals surface area contributed by atoms with Gasteiger partial charge in [-0.15, -0.1) is 15.3 Å². The number of halogens is 3. The van der Waals surface area contributed by atoms with Crippen LogP contribution in [0.3, 0.4) is 0 Å². The Morgan fingerprint density at radius 2 is 1.96 bits per heavy atom. The summed E-state index contributed by atoms with van der Waals surface area (Å²) >= 11 is 0. The van der Waals surface area contributed by atoms with Gasteiger partial charge in [0.2, 0.25) is 5.89 Å². The fourth-order valence-corrected chi connectivity index (χ4v) is 2.15. The maximum Gasteiger partial charge on any atom is 0.453 e. The third-order valence-corrected chi connectivity index (χ3v) is 3.30. The van der Waals surface area contributed by atoms with Crippen molar-refractivity contribution >= 4 is 11.5 Å². The molecular weight excluding hydrogens is 327 g/mol. The van der Waals surface area contributed by atoms with Crippen molar-refractivity contribution in [3.63, 3.8) is 0 Å². The van der Waals surface area contributed by atoms with Crippen molar-refractivity contribution in [2.75, 3.05) is 5.32 Å². The number of aromatic nitrogens is 6. The molecule has 0 unspecified atom stereocenters. The van der Waals surface area contributed by atoms with Gasteiger partial charge in [0.15, 0.2) is 11.5 Å². The van der Waals surface area contributed by atoms with E-state index in [1.54, 1.807) is 6.92 Å². The number of hydrogen-bond acceptors (Lipinski definition) is 7. The number of aryl methyl sites for hydroxylation is 1. The first-order valence-corrected chi connectivity index (χ1v) is 7.12. The molecule has 3 aromatic heterocycles. The van der Waals surface area contributed by atoms with Crippen molar-refractivity contribution in [3.05, 3.63) is 29.7 Å². The smallest absolute Gasteiger partial charge is 0.357 e. The summed E-state index contributed by atoms with van der Waals surface area (Å²) in [5.74, 6) is -0.133. The molecule has 11 heteroatoms. The van der Waals surface area contributed by atoms with Crippen LogP contribution in [0, 0.1) is 12.8 Å². The zero-order valence-corrected chi connectivity index (χ0v) is 13.0. The molecule has 0 saturated heterocycles. The average Bonchev–Trinajstić information content (AvgIpc) is 3.09. The number of alkyl halides is 3. The zero-order chi connectivity index (χ0) is 17.5. The minimum atomic E-state index is -4.65. The monoisotopic (exact) mass is 341 g/mol. The van der Waals surface area contributed by atoms with Crippen LogP contribution in [0.4, 0.5) is 19.0 Å². The Labute approximate surface area is 134 Å². The summed E-state index contributed by atoms with van der Waals surface area (Å²) in [7, 11) is 0. The normalized spacial score (nSPS) is 13.6. The van der Waals surface area contributed by atoms with Crippen LogP contribution < -0.4 is 5.32 Å². The molecule has 0 amide bonds. The van der Waals surface area contributed by atoms with E-state index in [1.807, 2.05) is 13.8 Å². The number of nitrogens with zero attached hydrogens (tertiary/aromatic N) is 6. The Kier molecular flexibility index (Phi) is 3.85. The fraction of sp³-hybridized carbons (Fsp3) is 0.462. The number of hydrogen-bond donors (Lipinski definition) is 1. The molecule has 0 fully saturated rings. The molecule has 24 heavy (non-hydrogen) atoms. The molecule has 0 radical (unpaired) electrons. The van der Waals surface area contributed by atoms with Gasteiger partial charge in [-0.1, -0.05) is 19.0 Å². The molecule has 0 spiro atoms. The Balaban J connectivity index is 1.96. The summed E-state index contributed by atoms with van der Waals surface area (Å²) in [5, 5.41) is 17.3. The van der Waals surface area contributed by atoms with Crippen molar-refractivity contribution in [2.24, 2.45) is 5.92 Å². The van der Waals surface area contributed by atoms with E-state index in [2.05, 4.69) is 30.8 Å². The lowest BCUT2D eigenvalue weighted by molar-refractivity contribution is -0.146. The molecule has 0 aliphatic heterocycles. The largest absolute Gasteiger partial charge is 0.453 e. The minimum absolute atomic E-state index is 0.00241.